The quantitative estimate of drug-likeness (QED) is 0.339. The second-order valence-electron chi connectivity index (χ2n) is 9.63. The van der Waals surface area contributed by atoms with Gasteiger partial charge in [0, 0.05) is 6.07 Å². The maximum atomic E-state index is 14.5. The Bertz CT molecular complexity index is 1300. The van der Waals surface area contributed by atoms with Crippen LogP contribution in [0.5, 0.6) is 5.88 Å². The standard InChI is InChI=1S/C26H27F4N3O5/c1-25(2,3)21(34)14-38-22-12-19(32-33(22)20-11-7-6-10-17(20)27)24(37)31-18(13-23(35)36)15-8-4-5-9-16(15)26(28,29)30/h4-12,18,21,34H,13-14H2,1-3H3,(H,31,37)(H,35,36)/t18-,21+/m0/s1. The number of carboxylic acids is 1. The summed E-state index contributed by atoms with van der Waals surface area (Å²) in [5.74, 6) is -3.27. The molecule has 3 aromatic rings. The molecule has 0 aliphatic rings. The Kier molecular flexibility index (Phi) is 8.45. The van der Waals surface area contributed by atoms with Crippen LogP contribution >= 0.6 is 0 Å². The van der Waals surface area contributed by atoms with Gasteiger partial charge in [0.2, 0.25) is 5.88 Å². The summed E-state index contributed by atoms with van der Waals surface area (Å²) < 4.78 is 61.9. The minimum Gasteiger partial charge on any atom is -0.481 e. The van der Waals surface area contributed by atoms with Gasteiger partial charge in [-0.1, -0.05) is 51.1 Å². The molecule has 0 unspecified atom stereocenters. The summed E-state index contributed by atoms with van der Waals surface area (Å²) in [6.07, 6.45) is -6.57. The minimum atomic E-state index is -4.79. The number of aliphatic hydroxyl groups excluding tert-OH is 1. The first-order valence-electron chi connectivity index (χ1n) is 11.5. The number of para-hydroxylation sites is 1. The molecule has 0 aliphatic carbocycles. The van der Waals surface area contributed by atoms with Crippen molar-refractivity contribution in [3.05, 3.63) is 77.2 Å². The maximum Gasteiger partial charge on any atom is 0.416 e. The number of amides is 1. The molecule has 3 N–H and O–H groups in total. The van der Waals surface area contributed by atoms with Gasteiger partial charge in [-0.05, 0) is 29.2 Å². The monoisotopic (exact) mass is 537 g/mol. The summed E-state index contributed by atoms with van der Waals surface area (Å²) in [4.78, 5) is 24.5. The lowest BCUT2D eigenvalue weighted by atomic mass is 9.90. The van der Waals surface area contributed by atoms with E-state index in [2.05, 4.69) is 10.4 Å². The first kappa shape index (κ1) is 28.6. The molecule has 8 nitrogen and oxygen atoms in total. The van der Waals surface area contributed by atoms with E-state index in [1.165, 1.54) is 24.3 Å². The Morgan fingerprint density at radius 1 is 1.08 bits per heavy atom. The zero-order valence-electron chi connectivity index (χ0n) is 20.8. The largest absolute Gasteiger partial charge is 0.481 e. The third-order valence-electron chi connectivity index (χ3n) is 5.70. The Hall–Kier alpha value is -3.93. The first-order chi connectivity index (χ1) is 17.7. The number of carbonyl (C=O) groups excluding carboxylic acids is 1. The van der Waals surface area contributed by atoms with Crippen molar-refractivity contribution in [1.82, 2.24) is 15.1 Å². The highest BCUT2D eigenvalue weighted by Crippen LogP contribution is 2.35. The van der Waals surface area contributed by atoms with Gasteiger partial charge in [0.25, 0.3) is 5.91 Å². The molecule has 0 saturated carbocycles. The van der Waals surface area contributed by atoms with Crippen LogP contribution in [-0.2, 0) is 11.0 Å². The molecule has 1 aromatic heterocycles. The highest BCUT2D eigenvalue weighted by Gasteiger charge is 2.36. The first-order valence-corrected chi connectivity index (χ1v) is 11.5. The van der Waals surface area contributed by atoms with Gasteiger partial charge in [-0.2, -0.15) is 23.0 Å². The van der Waals surface area contributed by atoms with E-state index < -0.39 is 59.0 Å². The highest BCUT2D eigenvalue weighted by atomic mass is 19.4. The number of ether oxygens (including phenoxy) is 1. The fourth-order valence-corrected chi connectivity index (χ4v) is 3.49. The van der Waals surface area contributed by atoms with Gasteiger partial charge < -0.3 is 20.3 Å². The highest BCUT2D eigenvalue weighted by molar-refractivity contribution is 5.93. The van der Waals surface area contributed by atoms with Crippen molar-refractivity contribution in [1.29, 1.82) is 0 Å². The fraction of sp³-hybridized carbons (Fsp3) is 0.346. The third-order valence-corrected chi connectivity index (χ3v) is 5.70. The van der Waals surface area contributed by atoms with Crippen LogP contribution in [-0.4, -0.2) is 44.6 Å². The SMILES string of the molecule is CC(C)(C)[C@H](O)COc1cc(C(=O)N[C@@H](CC(=O)O)c2ccccc2C(F)(F)F)nn1-c1ccccc1F. The lowest BCUT2D eigenvalue weighted by Gasteiger charge is -2.25. The van der Waals surface area contributed by atoms with Crippen LogP contribution in [0.2, 0.25) is 0 Å². The number of aliphatic carboxylic acids is 1. The normalized spacial score (nSPS) is 13.6. The summed E-state index contributed by atoms with van der Waals surface area (Å²) in [5.41, 5.74) is -2.54. The van der Waals surface area contributed by atoms with E-state index in [1.54, 1.807) is 20.8 Å². The number of halogens is 4. The number of carbonyl (C=O) groups is 2. The number of hydrogen-bond acceptors (Lipinski definition) is 5. The van der Waals surface area contributed by atoms with E-state index in [0.717, 1.165) is 35.0 Å². The van der Waals surface area contributed by atoms with Crippen LogP contribution in [0.15, 0.2) is 54.6 Å². The van der Waals surface area contributed by atoms with Crippen molar-refractivity contribution in [2.45, 2.75) is 45.5 Å². The molecule has 38 heavy (non-hydrogen) atoms. The molecular weight excluding hydrogens is 510 g/mol. The maximum absolute atomic E-state index is 14.5. The van der Waals surface area contributed by atoms with E-state index in [-0.39, 0.29) is 23.9 Å². The van der Waals surface area contributed by atoms with E-state index >= 15 is 0 Å². The van der Waals surface area contributed by atoms with Gasteiger partial charge in [0.1, 0.15) is 18.1 Å². The molecule has 2 atom stereocenters. The number of alkyl halides is 3. The predicted octanol–water partition coefficient (Wildman–Crippen LogP) is 4.76. The van der Waals surface area contributed by atoms with Gasteiger partial charge in [0.15, 0.2) is 5.69 Å². The second-order valence-corrected chi connectivity index (χ2v) is 9.63. The van der Waals surface area contributed by atoms with Gasteiger partial charge in [-0.15, -0.1) is 0 Å². The van der Waals surface area contributed by atoms with Crippen molar-refractivity contribution in [2.75, 3.05) is 6.61 Å². The fourth-order valence-electron chi connectivity index (χ4n) is 3.49. The summed E-state index contributed by atoms with van der Waals surface area (Å²) >= 11 is 0. The number of nitrogens with one attached hydrogen (secondary N) is 1. The Morgan fingerprint density at radius 3 is 2.32 bits per heavy atom. The third kappa shape index (κ3) is 6.88. The molecule has 204 valence electrons. The van der Waals surface area contributed by atoms with Gasteiger partial charge in [-0.25, -0.2) is 4.39 Å². The van der Waals surface area contributed by atoms with Crippen LogP contribution in [0.3, 0.4) is 0 Å². The van der Waals surface area contributed by atoms with Gasteiger partial charge in [-0.3, -0.25) is 9.59 Å². The second kappa shape index (κ2) is 11.2. The summed E-state index contributed by atoms with van der Waals surface area (Å²) in [5, 5.41) is 26.0. The summed E-state index contributed by atoms with van der Waals surface area (Å²) in [7, 11) is 0. The molecule has 0 spiro atoms. The topological polar surface area (TPSA) is 114 Å². The van der Waals surface area contributed by atoms with E-state index in [9.17, 15) is 37.4 Å². The zero-order chi connectivity index (χ0) is 28.3. The van der Waals surface area contributed by atoms with Crippen LogP contribution < -0.4 is 10.1 Å². The lowest BCUT2D eigenvalue weighted by molar-refractivity contribution is -0.140. The van der Waals surface area contributed by atoms with E-state index in [4.69, 9.17) is 4.74 Å². The molecular formula is C26H27F4N3O5. The van der Waals surface area contributed by atoms with Crippen LogP contribution in [0.4, 0.5) is 17.6 Å². The zero-order valence-corrected chi connectivity index (χ0v) is 20.8. The molecule has 1 amide bonds. The van der Waals surface area contributed by atoms with Crippen molar-refractivity contribution in [2.24, 2.45) is 5.41 Å². The summed E-state index contributed by atoms with van der Waals surface area (Å²) in [6.45, 7) is 5.09. The molecule has 0 fully saturated rings. The van der Waals surface area contributed by atoms with Gasteiger partial charge in [0.05, 0.1) is 24.1 Å². The molecule has 0 bridgehead atoms. The number of carboxylic acid groups (broad SMARTS) is 1. The van der Waals surface area contributed by atoms with E-state index in [0.29, 0.717) is 0 Å². The van der Waals surface area contributed by atoms with Crippen molar-refractivity contribution >= 4 is 11.9 Å². The van der Waals surface area contributed by atoms with Gasteiger partial charge >= 0.3 is 12.1 Å². The van der Waals surface area contributed by atoms with E-state index in [1.807, 2.05) is 0 Å². The predicted molar refractivity (Wildman–Crippen MR) is 128 cm³/mol. The number of aromatic nitrogens is 2. The smallest absolute Gasteiger partial charge is 0.416 e. The van der Waals surface area contributed by atoms with Crippen molar-refractivity contribution in [3.8, 4) is 11.6 Å². The molecule has 12 heteroatoms. The van der Waals surface area contributed by atoms with Crippen LogP contribution in [0.1, 0.15) is 54.8 Å². The molecule has 0 aliphatic heterocycles. The summed E-state index contributed by atoms with van der Waals surface area (Å²) in [6, 6.07) is 9.37. The Morgan fingerprint density at radius 2 is 1.71 bits per heavy atom. The van der Waals surface area contributed by atoms with Crippen molar-refractivity contribution in [3.63, 3.8) is 0 Å². The molecule has 2 aromatic carbocycles. The average Bonchev–Trinajstić information content (AvgIpc) is 3.25. The van der Waals surface area contributed by atoms with Crippen LogP contribution in [0, 0.1) is 11.2 Å². The number of hydrogen-bond donors (Lipinski definition) is 3. The minimum absolute atomic E-state index is 0.0868. The number of rotatable bonds is 9. The number of benzene rings is 2. The molecule has 1 heterocycles. The Labute approximate surface area is 215 Å². The van der Waals surface area contributed by atoms with Crippen molar-refractivity contribution < 1.29 is 42.1 Å². The molecule has 0 saturated heterocycles. The lowest BCUT2D eigenvalue weighted by Crippen LogP contribution is -2.32. The Balaban J connectivity index is 1.99. The number of aliphatic hydroxyl groups is 1. The molecule has 0 radical (unpaired) electrons. The molecule has 3 rings (SSSR count). The average molecular weight is 538 g/mol. The van der Waals surface area contributed by atoms with Crippen LogP contribution in [0.25, 0.3) is 5.69 Å². The number of nitrogens with zero attached hydrogens (tertiary/aromatic N) is 2.